The third-order valence-electron chi connectivity index (χ3n) is 5.57. The van der Waals surface area contributed by atoms with Crippen LogP contribution in [0.3, 0.4) is 0 Å². The van der Waals surface area contributed by atoms with E-state index in [1.54, 1.807) is 4.90 Å². The molecule has 3 N–H and O–H groups in total. The summed E-state index contributed by atoms with van der Waals surface area (Å²) in [6.45, 7) is 8.33. The van der Waals surface area contributed by atoms with Crippen molar-refractivity contribution in [3.8, 4) is 11.3 Å². The molecule has 2 aromatic carbocycles. The van der Waals surface area contributed by atoms with Gasteiger partial charge in [-0.15, -0.1) is 0 Å². The Morgan fingerprint density at radius 1 is 0.966 bits per heavy atom. The molecule has 0 bridgehead atoms. The summed E-state index contributed by atoms with van der Waals surface area (Å²) in [5.41, 5.74) is 4.89. The van der Waals surface area contributed by atoms with E-state index in [0.29, 0.717) is 0 Å². The van der Waals surface area contributed by atoms with E-state index in [-0.39, 0.29) is 0 Å². The first-order chi connectivity index (χ1) is 14.4. The van der Waals surface area contributed by atoms with Crippen LogP contribution in [0.15, 0.2) is 66.9 Å². The molecule has 1 aliphatic rings. The molecule has 0 unspecified atom stereocenters. The number of quaternary nitrogens is 2. The highest BCUT2D eigenvalue weighted by molar-refractivity contribution is 5.62. The normalized spacial score (nSPS) is 14.9. The standard InChI is InChI=1S/C24H30N4O/c1-3-8-21(9-4-1)19-28-20-23(24(26-28)22-10-5-2-6-11-22)18-25-12-7-13-27-14-16-29-17-15-27/h1-6,8-11,20,25H,7,12-19H2/p+2. The molecule has 2 heterocycles. The van der Waals surface area contributed by atoms with Gasteiger partial charge in [-0.3, -0.25) is 4.68 Å². The van der Waals surface area contributed by atoms with Gasteiger partial charge in [0.25, 0.3) is 0 Å². The molecule has 1 aromatic heterocycles. The second kappa shape index (κ2) is 10.3. The zero-order valence-electron chi connectivity index (χ0n) is 17.1. The average Bonchev–Trinajstić information content (AvgIpc) is 3.18. The molecule has 5 nitrogen and oxygen atoms in total. The number of ether oxygens (including phenoxy) is 1. The van der Waals surface area contributed by atoms with E-state index in [9.17, 15) is 0 Å². The van der Waals surface area contributed by atoms with Crippen molar-refractivity contribution < 1.29 is 15.0 Å². The first kappa shape index (κ1) is 19.8. The zero-order valence-corrected chi connectivity index (χ0v) is 17.1. The van der Waals surface area contributed by atoms with Gasteiger partial charge in [0.2, 0.25) is 0 Å². The van der Waals surface area contributed by atoms with Gasteiger partial charge in [-0.25, -0.2) is 0 Å². The highest BCUT2D eigenvalue weighted by Gasteiger charge is 2.15. The number of hydrogen-bond donors (Lipinski definition) is 2. The number of morpholine rings is 1. The summed E-state index contributed by atoms with van der Waals surface area (Å²) in [6.07, 6.45) is 3.47. The van der Waals surface area contributed by atoms with E-state index in [0.717, 1.165) is 51.6 Å². The quantitative estimate of drug-likeness (QED) is 0.533. The highest BCUT2D eigenvalue weighted by Crippen LogP contribution is 2.21. The number of aromatic nitrogens is 2. The lowest BCUT2D eigenvalue weighted by Gasteiger charge is -2.23. The molecule has 3 aromatic rings. The Balaban J connectivity index is 1.37. The van der Waals surface area contributed by atoms with Gasteiger partial charge >= 0.3 is 0 Å². The van der Waals surface area contributed by atoms with Gasteiger partial charge in [-0.1, -0.05) is 60.7 Å². The predicted molar refractivity (Wildman–Crippen MR) is 115 cm³/mol. The summed E-state index contributed by atoms with van der Waals surface area (Å²) >= 11 is 0. The maximum absolute atomic E-state index is 5.45. The molecule has 1 aliphatic heterocycles. The Kier molecular flexibility index (Phi) is 7.08. The van der Waals surface area contributed by atoms with E-state index < -0.39 is 0 Å². The number of rotatable bonds is 9. The minimum atomic E-state index is 0.807. The van der Waals surface area contributed by atoms with Crippen molar-refractivity contribution in [3.05, 3.63) is 78.0 Å². The smallest absolute Gasteiger partial charge is 0.105 e. The average molecular weight is 393 g/mol. The van der Waals surface area contributed by atoms with Gasteiger partial charge in [-0.2, -0.15) is 5.10 Å². The summed E-state index contributed by atoms with van der Waals surface area (Å²) in [6, 6.07) is 21.1. The molecule has 0 atom stereocenters. The van der Waals surface area contributed by atoms with Crippen LogP contribution in [0.25, 0.3) is 11.3 Å². The van der Waals surface area contributed by atoms with Crippen LogP contribution in [-0.4, -0.2) is 49.2 Å². The molecule has 1 fully saturated rings. The van der Waals surface area contributed by atoms with E-state index in [2.05, 4.69) is 76.9 Å². The number of nitrogens with one attached hydrogen (secondary N) is 1. The monoisotopic (exact) mass is 392 g/mol. The Morgan fingerprint density at radius 3 is 2.45 bits per heavy atom. The van der Waals surface area contributed by atoms with Gasteiger partial charge in [0.1, 0.15) is 25.3 Å². The second-order valence-corrected chi connectivity index (χ2v) is 7.80. The lowest BCUT2D eigenvalue weighted by Crippen LogP contribution is -3.14. The molecule has 0 saturated carbocycles. The highest BCUT2D eigenvalue weighted by atomic mass is 16.5. The third kappa shape index (κ3) is 5.76. The van der Waals surface area contributed by atoms with Crippen molar-refractivity contribution >= 4 is 0 Å². The topological polar surface area (TPSA) is 48.1 Å². The van der Waals surface area contributed by atoms with Crippen LogP contribution in [0.5, 0.6) is 0 Å². The fourth-order valence-corrected chi connectivity index (χ4v) is 3.97. The molecule has 29 heavy (non-hydrogen) atoms. The maximum Gasteiger partial charge on any atom is 0.105 e. The molecular formula is C24H32N4O+2. The molecular weight excluding hydrogens is 360 g/mol. The van der Waals surface area contributed by atoms with Crippen LogP contribution < -0.4 is 10.2 Å². The summed E-state index contributed by atoms with van der Waals surface area (Å²) in [7, 11) is 0. The van der Waals surface area contributed by atoms with Crippen LogP contribution in [0, 0.1) is 0 Å². The molecule has 0 spiro atoms. The van der Waals surface area contributed by atoms with Crippen LogP contribution in [0.1, 0.15) is 17.5 Å². The van der Waals surface area contributed by atoms with Crippen molar-refractivity contribution in [2.75, 3.05) is 39.4 Å². The molecule has 5 heteroatoms. The van der Waals surface area contributed by atoms with Gasteiger partial charge in [0, 0.05) is 18.2 Å². The fraction of sp³-hybridized carbons (Fsp3) is 0.375. The summed E-state index contributed by atoms with van der Waals surface area (Å²) < 4.78 is 7.53. The second-order valence-electron chi connectivity index (χ2n) is 7.80. The molecule has 152 valence electrons. The summed E-state index contributed by atoms with van der Waals surface area (Å²) in [5, 5.41) is 7.35. The SMILES string of the molecule is c1ccc(Cn2cc(C[NH2+]CCC[NH+]3CCOCC3)c(-c3ccccc3)n2)cc1. The van der Waals surface area contributed by atoms with Gasteiger partial charge in [-0.05, 0) is 5.56 Å². The van der Waals surface area contributed by atoms with Crippen molar-refractivity contribution in [3.63, 3.8) is 0 Å². The molecule has 0 radical (unpaired) electrons. The van der Waals surface area contributed by atoms with Crippen molar-refractivity contribution in [2.45, 2.75) is 19.5 Å². The fourth-order valence-electron chi connectivity index (χ4n) is 3.97. The lowest BCUT2D eigenvalue weighted by atomic mass is 10.1. The van der Waals surface area contributed by atoms with Crippen molar-refractivity contribution in [1.29, 1.82) is 0 Å². The van der Waals surface area contributed by atoms with E-state index in [1.165, 1.54) is 29.7 Å². The van der Waals surface area contributed by atoms with Gasteiger partial charge < -0.3 is 15.0 Å². The predicted octanol–water partition coefficient (Wildman–Crippen LogP) is 0.967. The first-order valence-corrected chi connectivity index (χ1v) is 10.8. The third-order valence-corrected chi connectivity index (χ3v) is 5.57. The van der Waals surface area contributed by atoms with E-state index in [4.69, 9.17) is 9.84 Å². The first-order valence-electron chi connectivity index (χ1n) is 10.8. The molecule has 1 saturated heterocycles. The number of hydrogen-bond acceptors (Lipinski definition) is 2. The van der Waals surface area contributed by atoms with Crippen molar-refractivity contribution in [1.82, 2.24) is 9.78 Å². The van der Waals surface area contributed by atoms with Crippen LogP contribution in [0.4, 0.5) is 0 Å². The Labute approximate surface area is 173 Å². The molecule has 0 amide bonds. The van der Waals surface area contributed by atoms with Crippen molar-refractivity contribution in [2.24, 2.45) is 0 Å². The minimum absolute atomic E-state index is 0.807. The largest absolute Gasteiger partial charge is 0.370 e. The Bertz CT molecular complexity index is 857. The number of benzene rings is 2. The zero-order chi connectivity index (χ0) is 19.7. The molecule has 4 rings (SSSR count). The van der Waals surface area contributed by atoms with Gasteiger partial charge in [0.15, 0.2) is 0 Å². The van der Waals surface area contributed by atoms with Gasteiger partial charge in [0.05, 0.1) is 38.4 Å². The van der Waals surface area contributed by atoms with Crippen LogP contribution >= 0.6 is 0 Å². The summed E-state index contributed by atoms with van der Waals surface area (Å²) in [5.74, 6) is 0. The molecule has 0 aliphatic carbocycles. The number of nitrogens with zero attached hydrogens (tertiary/aromatic N) is 2. The maximum atomic E-state index is 5.45. The minimum Gasteiger partial charge on any atom is -0.370 e. The lowest BCUT2D eigenvalue weighted by molar-refractivity contribution is -0.909. The van der Waals surface area contributed by atoms with Crippen LogP contribution in [0.2, 0.25) is 0 Å². The van der Waals surface area contributed by atoms with E-state index >= 15 is 0 Å². The Hall–Kier alpha value is -2.47. The van der Waals surface area contributed by atoms with Crippen LogP contribution in [-0.2, 0) is 17.8 Å². The Morgan fingerprint density at radius 2 is 1.69 bits per heavy atom. The number of nitrogens with two attached hydrogens (primary N) is 1. The van der Waals surface area contributed by atoms with E-state index in [1.807, 2.05) is 0 Å². The summed E-state index contributed by atoms with van der Waals surface area (Å²) in [4.78, 5) is 1.69.